The second-order valence-corrected chi connectivity index (χ2v) is 10.3. The Morgan fingerprint density at radius 3 is 2.77 bits per heavy atom. The van der Waals surface area contributed by atoms with Crippen LogP contribution in [0.15, 0.2) is 48.8 Å². The Labute approximate surface area is 226 Å². The molecule has 204 valence electrons. The summed E-state index contributed by atoms with van der Waals surface area (Å²) in [5.41, 5.74) is 4.89. The van der Waals surface area contributed by atoms with Gasteiger partial charge in [-0.1, -0.05) is 12.1 Å². The summed E-state index contributed by atoms with van der Waals surface area (Å²) in [6.07, 6.45) is 4.94. The van der Waals surface area contributed by atoms with Crippen LogP contribution in [0.4, 0.5) is 9.18 Å². The zero-order chi connectivity index (χ0) is 28.0. The van der Waals surface area contributed by atoms with Gasteiger partial charge in [0.25, 0.3) is 5.91 Å². The van der Waals surface area contributed by atoms with Gasteiger partial charge in [0.1, 0.15) is 17.5 Å². The van der Waals surface area contributed by atoms with Crippen LogP contribution in [0.25, 0.3) is 11.3 Å². The van der Waals surface area contributed by atoms with E-state index >= 15 is 0 Å². The molecule has 1 aromatic carbocycles. The smallest absolute Gasteiger partial charge is 0.410 e. The number of rotatable bonds is 8. The quantitative estimate of drug-likeness (QED) is 0.450. The number of hydrogen-bond donors (Lipinski definition) is 2. The molecule has 39 heavy (non-hydrogen) atoms. The van der Waals surface area contributed by atoms with E-state index in [-0.39, 0.29) is 29.6 Å². The van der Waals surface area contributed by atoms with Gasteiger partial charge < -0.3 is 20.4 Å². The highest BCUT2D eigenvalue weighted by molar-refractivity contribution is 5.94. The number of benzene rings is 1. The Morgan fingerprint density at radius 1 is 1.26 bits per heavy atom. The minimum atomic E-state index is -0.582. The third kappa shape index (κ3) is 7.31. The Hall–Kier alpha value is -4.46. The highest BCUT2D eigenvalue weighted by Crippen LogP contribution is 2.22. The topological polar surface area (TPSA) is 125 Å². The molecule has 3 heterocycles. The van der Waals surface area contributed by atoms with E-state index in [1.165, 1.54) is 23.1 Å². The minimum absolute atomic E-state index is 0.131. The van der Waals surface area contributed by atoms with Crippen LogP contribution in [0.2, 0.25) is 0 Å². The molecule has 11 heteroatoms. The first-order valence-electron chi connectivity index (χ1n) is 12.9. The van der Waals surface area contributed by atoms with Gasteiger partial charge in [0.2, 0.25) is 0 Å². The van der Waals surface area contributed by atoms with Crippen molar-refractivity contribution >= 4 is 12.0 Å². The molecule has 0 saturated carbocycles. The molecule has 2 N–H and O–H groups in total. The molecule has 0 aliphatic carbocycles. The van der Waals surface area contributed by atoms with Crippen LogP contribution in [0.5, 0.6) is 0 Å². The third-order valence-electron chi connectivity index (χ3n) is 6.20. The molecule has 0 unspecified atom stereocenters. The number of halogens is 1. The predicted molar refractivity (Wildman–Crippen MR) is 143 cm³/mol. The number of aromatic nitrogens is 3. The third-order valence-corrected chi connectivity index (χ3v) is 6.20. The Bertz CT molecular complexity index is 1360. The first-order valence-corrected chi connectivity index (χ1v) is 12.9. The zero-order valence-corrected chi connectivity index (χ0v) is 22.3. The fourth-order valence-corrected chi connectivity index (χ4v) is 4.34. The largest absolute Gasteiger partial charge is 0.444 e. The number of nitrogens with zero attached hydrogens (tertiary/aromatic N) is 5. The molecule has 2 amide bonds. The SMILES string of the molecule is CC(C)(C)OC(=O)N1CCC[C@@H]1CNC(=O)c1ccc(-c2cn(NCCc3cccc(F)c3)nc2C#N)nc1. The van der Waals surface area contributed by atoms with Crippen LogP contribution in [0, 0.1) is 17.1 Å². The first-order chi connectivity index (χ1) is 18.6. The average molecular weight is 534 g/mol. The van der Waals surface area contributed by atoms with Crippen LogP contribution in [0.3, 0.4) is 0 Å². The van der Waals surface area contributed by atoms with Crippen molar-refractivity contribution in [3.05, 3.63) is 71.4 Å². The van der Waals surface area contributed by atoms with Gasteiger partial charge in [0, 0.05) is 25.8 Å². The van der Waals surface area contributed by atoms with Gasteiger partial charge in [0.15, 0.2) is 5.69 Å². The maximum Gasteiger partial charge on any atom is 0.410 e. The lowest BCUT2D eigenvalue weighted by Crippen LogP contribution is -2.45. The lowest BCUT2D eigenvalue weighted by molar-refractivity contribution is 0.0225. The molecule has 4 rings (SSSR count). The van der Waals surface area contributed by atoms with Crippen molar-refractivity contribution in [1.29, 1.82) is 5.26 Å². The van der Waals surface area contributed by atoms with E-state index in [0.29, 0.717) is 42.9 Å². The highest BCUT2D eigenvalue weighted by atomic mass is 19.1. The van der Waals surface area contributed by atoms with Gasteiger partial charge >= 0.3 is 6.09 Å². The predicted octanol–water partition coefficient (Wildman–Crippen LogP) is 3.87. The van der Waals surface area contributed by atoms with Gasteiger partial charge in [-0.15, -0.1) is 5.10 Å². The fraction of sp³-hybridized carbons (Fsp3) is 0.393. The number of carbonyl (C=O) groups is 2. The van der Waals surface area contributed by atoms with E-state index < -0.39 is 5.60 Å². The van der Waals surface area contributed by atoms with E-state index in [9.17, 15) is 19.2 Å². The Balaban J connectivity index is 1.34. The molecule has 1 aliphatic rings. The van der Waals surface area contributed by atoms with Crippen LogP contribution in [0.1, 0.15) is 55.2 Å². The van der Waals surface area contributed by atoms with Gasteiger partial charge in [-0.25, -0.2) is 9.18 Å². The van der Waals surface area contributed by atoms with E-state index in [2.05, 4.69) is 26.9 Å². The van der Waals surface area contributed by atoms with Crippen molar-refractivity contribution in [2.75, 3.05) is 25.1 Å². The summed E-state index contributed by atoms with van der Waals surface area (Å²) in [4.78, 5) is 32.7. The summed E-state index contributed by atoms with van der Waals surface area (Å²) >= 11 is 0. The summed E-state index contributed by atoms with van der Waals surface area (Å²) in [5, 5.41) is 16.7. The van der Waals surface area contributed by atoms with Crippen LogP contribution in [-0.4, -0.2) is 63.1 Å². The van der Waals surface area contributed by atoms with E-state index in [1.54, 1.807) is 29.3 Å². The van der Waals surface area contributed by atoms with E-state index in [1.807, 2.05) is 26.8 Å². The molecule has 1 saturated heterocycles. The van der Waals surface area contributed by atoms with Crippen molar-refractivity contribution in [1.82, 2.24) is 25.1 Å². The Morgan fingerprint density at radius 2 is 2.08 bits per heavy atom. The second-order valence-electron chi connectivity index (χ2n) is 10.3. The molecule has 10 nitrogen and oxygen atoms in total. The molecule has 3 aromatic rings. The summed E-state index contributed by atoms with van der Waals surface area (Å²) in [5.74, 6) is -0.592. The molecule has 2 aromatic heterocycles. The van der Waals surface area contributed by atoms with E-state index in [0.717, 1.165) is 18.4 Å². The van der Waals surface area contributed by atoms with Crippen molar-refractivity contribution < 1.29 is 18.7 Å². The lowest BCUT2D eigenvalue weighted by Gasteiger charge is -2.28. The van der Waals surface area contributed by atoms with Crippen molar-refractivity contribution in [3.63, 3.8) is 0 Å². The molecule has 0 bridgehead atoms. The average Bonchev–Trinajstić information content (AvgIpc) is 3.53. The lowest BCUT2D eigenvalue weighted by atomic mass is 10.1. The standard InChI is InChI=1S/C28H32FN7O3/c1-28(2,3)39-27(38)35-13-5-8-22(35)17-32-26(37)20-9-10-24(31-16-20)23-18-36(34-25(23)15-30)33-12-11-19-6-4-7-21(29)14-19/h4,6-7,9-10,14,16,18,22,33H,5,8,11-13,17H2,1-3H3,(H,32,37)/t22-/m1/s1. The van der Waals surface area contributed by atoms with Gasteiger partial charge in [-0.3, -0.25) is 9.78 Å². The second kappa shape index (κ2) is 11.9. The number of pyridine rings is 1. The first kappa shape index (κ1) is 27.6. The number of hydrogen-bond acceptors (Lipinski definition) is 7. The highest BCUT2D eigenvalue weighted by Gasteiger charge is 2.32. The summed E-state index contributed by atoms with van der Waals surface area (Å²) < 4.78 is 18.8. The number of nitriles is 1. The number of ether oxygens (including phenoxy) is 1. The number of nitrogens with one attached hydrogen (secondary N) is 2. The fourth-order valence-electron chi connectivity index (χ4n) is 4.34. The Kier molecular flexibility index (Phi) is 8.44. The summed E-state index contributed by atoms with van der Waals surface area (Å²) in [6.45, 7) is 6.86. The van der Waals surface area contributed by atoms with Gasteiger partial charge in [-0.2, -0.15) is 10.1 Å². The zero-order valence-electron chi connectivity index (χ0n) is 22.3. The van der Waals surface area contributed by atoms with Crippen LogP contribution in [-0.2, 0) is 11.2 Å². The van der Waals surface area contributed by atoms with Crippen LogP contribution < -0.4 is 10.7 Å². The molecule has 1 fully saturated rings. The summed E-state index contributed by atoms with van der Waals surface area (Å²) in [6, 6.07) is 11.6. The maximum atomic E-state index is 13.4. The number of likely N-dealkylation sites (tertiary alicyclic amines) is 1. The number of amides is 2. The monoisotopic (exact) mass is 533 g/mol. The number of carbonyl (C=O) groups excluding carboxylic acids is 2. The minimum Gasteiger partial charge on any atom is -0.444 e. The van der Waals surface area contributed by atoms with Crippen molar-refractivity contribution in [2.45, 2.75) is 51.7 Å². The normalized spacial score (nSPS) is 15.1. The molecular weight excluding hydrogens is 501 g/mol. The van der Waals surface area contributed by atoms with Crippen LogP contribution >= 0.6 is 0 Å². The van der Waals surface area contributed by atoms with Gasteiger partial charge in [-0.05, 0) is 69.9 Å². The molecule has 1 aliphatic heterocycles. The van der Waals surface area contributed by atoms with Gasteiger partial charge in [0.05, 0.1) is 29.1 Å². The summed E-state index contributed by atoms with van der Waals surface area (Å²) in [7, 11) is 0. The van der Waals surface area contributed by atoms with E-state index in [4.69, 9.17) is 4.74 Å². The van der Waals surface area contributed by atoms with Crippen molar-refractivity contribution in [3.8, 4) is 17.3 Å². The molecule has 0 radical (unpaired) electrons. The molecule has 1 atom stereocenters. The molecular formula is C28H32FN7O3. The van der Waals surface area contributed by atoms with Crippen molar-refractivity contribution in [2.24, 2.45) is 0 Å². The molecule has 0 spiro atoms. The maximum absolute atomic E-state index is 13.4.